The number of rotatable bonds is 3. The number of halogens is 1. The van der Waals surface area contributed by atoms with Crippen LogP contribution in [0.25, 0.3) is 11.4 Å². The van der Waals surface area contributed by atoms with Gasteiger partial charge in [-0.2, -0.15) is 0 Å². The molecule has 21 heavy (non-hydrogen) atoms. The maximum atomic E-state index is 5.90. The van der Waals surface area contributed by atoms with Crippen molar-refractivity contribution in [2.24, 2.45) is 5.41 Å². The monoisotopic (exact) mass is 301 g/mol. The molecule has 1 aromatic carbocycles. The van der Waals surface area contributed by atoms with E-state index in [0.29, 0.717) is 5.41 Å². The van der Waals surface area contributed by atoms with Crippen molar-refractivity contribution in [1.82, 2.24) is 14.9 Å². The Kier molecular flexibility index (Phi) is 3.96. The first-order chi connectivity index (χ1) is 10.0. The predicted molar refractivity (Wildman–Crippen MR) is 86.2 cm³/mol. The average Bonchev–Trinajstić information content (AvgIpc) is 2.80. The van der Waals surface area contributed by atoms with Crippen LogP contribution in [0.1, 0.15) is 25.8 Å². The third kappa shape index (κ3) is 3.60. The highest BCUT2D eigenvalue weighted by Crippen LogP contribution is 2.29. The molecule has 0 radical (unpaired) electrons. The third-order valence-electron chi connectivity index (χ3n) is 3.97. The first-order valence-electron chi connectivity index (χ1n) is 7.31. The molecule has 2 aromatic rings. The summed E-state index contributed by atoms with van der Waals surface area (Å²) in [6.07, 6.45) is 5.13. The Bertz CT molecular complexity index is 605. The van der Waals surface area contributed by atoms with Gasteiger partial charge in [-0.05, 0) is 42.6 Å². The lowest BCUT2D eigenvalue weighted by Gasteiger charge is -2.19. The van der Waals surface area contributed by atoms with Crippen LogP contribution in [0, 0.1) is 5.41 Å². The molecule has 0 unspecified atom stereocenters. The topological polar surface area (TPSA) is 29.0 Å². The number of benzene rings is 1. The summed E-state index contributed by atoms with van der Waals surface area (Å²) in [5.41, 5.74) is 2.60. The SMILES string of the molecule is CC1(C)CCN(Cc2cnc(-c3ccc(Cl)cc3)nc2)C1. The molecule has 4 heteroatoms. The van der Waals surface area contributed by atoms with Gasteiger partial charge >= 0.3 is 0 Å². The second kappa shape index (κ2) is 5.74. The molecule has 3 nitrogen and oxygen atoms in total. The number of hydrogen-bond donors (Lipinski definition) is 0. The zero-order valence-electron chi connectivity index (χ0n) is 12.5. The third-order valence-corrected chi connectivity index (χ3v) is 4.22. The molecule has 3 rings (SSSR count). The average molecular weight is 302 g/mol. The van der Waals surface area contributed by atoms with Gasteiger partial charge in [-0.3, -0.25) is 4.90 Å². The van der Waals surface area contributed by atoms with Crippen molar-refractivity contribution in [1.29, 1.82) is 0 Å². The Morgan fingerprint density at radius 3 is 2.38 bits per heavy atom. The normalized spacial score (nSPS) is 18.0. The number of likely N-dealkylation sites (tertiary alicyclic amines) is 1. The highest BCUT2D eigenvalue weighted by molar-refractivity contribution is 6.30. The highest BCUT2D eigenvalue weighted by Gasteiger charge is 2.28. The molecule has 1 fully saturated rings. The minimum atomic E-state index is 0.435. The van der Waals surface area contributed by atoms with Crippen molar-refractivity contribution in [3.8, 4) is 11.4 Å². The summed E-state index contributed by atoms with van der Waals surface area (Å²) >= 11 is 5.90. The van der Waals surface area contributed by atoms with Gasteiger partial charge < -0.3 is 0 Å². The van der Waals surface area contributed by atoms with Crippen LogP contribution in [0.5, 0.6) is 0 Å². The smallest absolute Gasteiger partial charge is 0.159 e. The van der Waals surface area contributed by atoms with Gasteiger partial charge in [-0.25, -0.2) is 9.97 Å². The molecule has 1 aliphatic heterocycles. The standard InChI is InChI=1S/C17H20ClN3/c1-17(2)7-8-21(12-17)11-13-9-19-16(20-10-13)14-3-5-15(18)6-4-14/h3-6,9-10H,7-8,11-12H2,1-2H3. The summed E-state index contributed by atoms with van der Waals surface area (Å²) in [5, 5.41) is 0.729. The minimum Gasteiger partial charge on any atom is -0.298 e. The first-order valence-corrected chi connectivity index (χ1v) is 7.69. The van der Waals surface area contributed by atoms with Crippen molar-refractivity contribution >= 4 is 11.6 Å². The van der Waals surface area contributed by atoms with E-state index in [1.165, 1.54) is 12.0 Å². The fourth-order valence-electron chi connectivity index (χ4n) is 2.80. The van der Waals surface area contributed by atoms with Crippen LogP contribution in [0.4, 0.5) is 0 Å². The molecule has 2 heterocycles. The maximum Gasteiger partial charge on any atom is 0.159 e. The molecule has 0 amide bonds. The fourth-order valence-corrected chi connectivity index (χ4v) is 2.93. The summed E-state index contributed by atoms with van der Waals surface area (Å²) in [6, 6.07) is 7.61. The zero-order chi connectivity index (χ0) is 14.9. The summed E-state index contributed by atoms with van der Waals surface area (Å²) in [5.74, 6) is 0.747. The lowest BCUT2D eigenvalue weighted by molar-refractivity contribution is 0.284. The molecule has 0 aliphatic carbocycles. The molecule has 0 atom stereocenters. The Hall–Kier alpha value is -1.45. The van der Waals surface area contributed by atoms with E-state index in [1.807, 2.05) is 36.7 Å². The first kappa shape index (κ1) is 14.5. The van der Waals surface area contributed by atoms with Gasteiger partial charge in [0.15, 0.2) is 5.82 Å². The van der Waals surface area contributed by atoms with E-state index in [4.69, 9.17) is 11.6 Å². The van der Waals surface area contributed by atoms with Crippen LogP contribution in [-0.4, -0.2) is 28.0 Å². The van der Waals surface area contributed by atoms with E-state index in [0.717, 1.165) is 36.0 Å². The number of hydrogen-bond acceptors (Lipinski definition) is 3. The fraction of sp³-hybridized carbons (Fsp3) is 0.412. The summed E-state index contributed by atoms with van der Waals surface area (Å²) < 4.78 is 0. The quantitative estimate of drug-likeness (QED) is 0.857. The van der Waals surface area contributed by atoms with Crippen LogP contribution in [-0.2, 0) is 6.54 Å². The van der Waals surface area contributed by atoms with Crippen molar-refractivity contribution in [2.45, 2.75) is 26.8 Å². The molecule has 110 valence electrons. The van der Waals surface area contributed by atoms with Crippen LogP contribution in [0.2, 0.25) is 5.02 Å². The Labute approximate surface area is 131 Å². The van der Waals surface area contributed by atoms with Gasteiger partial charge in [0.05, 0.1) is 0 Å². The van der Waals surface area contributed by atoms with Crippen LogP contribution in [0.3, 0.4) is 0 Å². The number of nitrogens with zero attached hydrogens (tertiary/aromatic N) is 3. The predicted octanol–water partition coefficient (Wildman–Crippen LogP) is 4.03. The molecule has 0 bridgehead atoms. The van der Waals surface area contributed by atoms with Gasteiger partial charge in [0, 0.05) is 41.6 Å². The molecule has 1 aliphatic rings. The molecular weight excluding hydrogens is 282 g/mol. The van der Waals surface area contributed by atoms with Crippen molar-refractivity contribution in [2.75, 3.05) is 13.1 Å². The zero-order valence-corrected chi connectivity index (χ0v) is 13.3. The van der Waals surface area contributed by atoms with Crippen molar-refractivity contribution < 1.29 is 0 Å². The lowest BCUT2D eigenvalue weighted by atomic mass is 9.93. The van der Waals surface area contributed by atoms with Gasteiger partial charge in [0.25, 0.3) is 0 Å². The van der Waals surface area contributed by atoms with Crippen molar-refractivity contribution in [3.63, 3.8) is 0 Å². The summed E-state index contributed by atoms with van der Waals surface area (Å²) in [6.45, 7) is 7.89. The second-order valence-corrected chi connectivity index (χ2v) is 6.98. The molecule has 0 spiro atoms. The molecular formula is C17H20ClN3. The largest absolute Gasteiger partial charge is 0.298 e. The van der Waals surface area contributed by atoms with E-state index < -0.39 is 0 Å². The van der Waals surface area contributed by atoms with E-state index in [9.17, 15) is 0 Å². The molecule has 0 saturated carbocycles. The van der Waals surface area contributed by atoms with Crippen LogP contribution >= 0.6 is 11.6 Å². The van der Waals surface area contributed by atoms with Gasteiger partial charge in [0.1, 0.15) is 0 Å². The molecule has 0 N–H and O–H groups in total. The summed E-state index contributed by atoms with van der Waals surface area (Å²) in [7, 11) is 0. The van der Waals surface area contributed by atoms with E-state index in [1.54, 1.807) is 0 Å². The highest BCUT2D eigenvalue weighted by atomic mass is 35.5. The number of aromatic nitrogens is 2. The van der Waals surface area contributed by atoms with E-state index in [2.05, 4.69) is 28.7 Å². The Balaban J connectivity index is 1.68. The van der Waals surface area contributed by atoms with Gasteiger partial charge in [0.2, 0.25) is 0 Å². The summed E-state index contributed by atoms with van der Waals surface area (Å²) in [4.78, 5) is 11.4. The molecule has 1 saturated heterocycles. The Morgan fingerprint density at radius 2 is 1.81 bits per heavy atom. The van der Waals surface area contributed by atoms with Gasteiger partial charge in [-0.15, -0.1) is 0 Å². The lowest BCUT2D eigenvalue weighted by Crippen LogP contribution is -2.23. The van der Waals surface area contributed by atoms with Gasteiger partial charge in [-0.1, -0.05) is 25.4 Å². The van der Waals surface area contributed by atoms with Crippen molar-refractivity contribution in [3.05, 3.63) is 47.2 Å². The van der Waals surface area contributed by atoms with E-state index >= 15 is 0 Å². The second-order valence-electron chi connectivity index (χ2n) is 6.55. The maximum absolute atomic E-state index is 5.90. The Morgan fingerprint density at radius 1 is 1.14 bits per heavy atom. The minimum absolute atomic E-state index is 0.435. The molecule has 1 aromatic heterocycles. The van der Waals surface area contributed by atoms with Crippen LogP contribution in [0.15, 0.2) is 36.7 Å². The van der Waals surface area contributed by atoms with E-state index in [-0.39, 0.29) is 0 Å². The van der Waals surface area contributed by atoms with Crippen LogP contribution < -0.4 is 0 Å².